The summed E-state index contributed by atoms with van der Waals surface area (Å²) < 4.78 is 34.8. The van der Waals surface area contributed by atoms with Gasteiger partial charge in [0.1, 0.15) is 29.2 Å². The van der Waals surface area contributed by atoms with E-state index in [1.165, 1.54) is 36.4 Å². The van der Waals surface area contributed by atoms with Gasteiger partial charge >= 0.3 is 5.91 Å². The minimum atomic E-state index is -1.27. The highest BCUT2D eigenvalue weighted by molar-refractivity contribution is 7.22. The van der Waals surface area contributed by atoms with E-state index >= 15 is 4.39 Å². The van der Waals surface area contributed by atoms with E-state index in [9.17, 15) is 19.1 Å². The fourth-order valence-electron chi connectivity index (χ4n) is 4.09. The van der Waals surface area contributed by atoms with Crippen molar-refractivity contribution >= 4 is 44.1 Å². The van der Waals surface area contributed by atoms with E-state index < -0.39 is 35.1 Å². The van der Waals surface area contributed by atoms with E-state index in [1.54, 1.807) is 30.3 Å². The first-order chi connectivity index (χ1) is 17.4. The van der Waals surface area contributed by atoms with Crippen LogP contribution in [-0.2, 0) is 9.59 Å². The van der Waals surface area contributed by atoms with Gasteiger partial charge in [0.15, 0.2) is 5.13 Å². The number of rotatable bonds is 6. The number of carbonyl (C=O) groups excluding carboxylic acids is 2. The molecule has 1 atom stereocenters. The molecule has 0 radical (unpaired) electrons. The van der Waals surface area contributed by atoms with Crippen LogP contribution in [0, 0.1) is 11.6 Å². The second-order valence-electron chi connectivity index (χ2n) is 8.17. The van der Waals surface area contributed by atoms with E-state index in [4.69, 9.17) is 4.74 Å². The lowest BCUT2D eigenvalue weighted by Gasteiger charge is -2.23. The number of halogens is 2. The average molecular weight is 507 g/mol. The van der Waals surface area contributed by atoms with Gasteiger partial charge in [0, 0.05) is 11.1 Å². The zero-order valence-corrected chi connectivity index (χ0v) is 19.9. The van der Waals surface area contributed by atoms with Gasteiger partial charge < -0.3 is 9.84 Å². The molecule has 0 bridgehead atoms. The summed E-state index contributed by atoms with van der Waals surface area (Å²) in [7, 11) is 0. The van der Waals surface area contributed by atoms with Crippen LogP contribution in [0.1, 0.15) is 30.5 Å². The molecule has 1 unspecified atom stereocenters. The van der Waals surface area contributed by atoms with Crippen LogP contribution in [0.2, 0.25) is 0 Å². The maximum absolute atomic E-state index is 15.0. The number of aliphatic hydroxyl groups excluding tert-OH is 1. The number of benzene rings is 3. The van der Waals surface area contributed by atoms with Crippen LogP contribution in [0.25, 0.3) is 16.0 Å². The lowest BCUT2D eigenvalue weighted by Crippen LogP contribution is -2.29. The Morgan fingerprint density at radius 3 is 2.56 bits per heavy atom. The second kappa shape index (κ2) is 9.50. The Hall–Kier alpha value is -4.11. The van der Waals surface area contributed by atoms with Crippen molar-refractivity contribution < 1.29 is 28.2 Å². The van der Waals surface area contributed by atoms with Crippen LogP contribution in [-0.4, -0.2) is 28.4 Å². The smallest absolute Gasteiger partial charge is 0.301 e. The van der Waals surface area contributed by atoms with Gasteiger partial charge in [0.05, 0.1) is 22.4 Å². The number of carbonyl (C=O) groups is 2. The van der Waals surface area contributed by atoms with Crippen LogP contribution in [0.4, 0.5) is 13.9 Å². The van der Waals surface area contributed by atoms with Gasteiger partial charge in [-0.05, 0) is 55.0 Å². The minimum Gasteiger partial charge on any atom is -0.507 e. The molecule has 0 spiro atoms. The van der Waals surface area contributed by atoms with Gasteiger partial charge in [-0.3, -0.25) is 14.5 Å². The Bertz CT molecular complexity index is 1510. The highest BCUT2D eigenvalue weighted by Crippen LogP contribution is 2.45. The molecule has 1 fully saturated rings. The molecule has 1 aromatic heterocycles. The molecular formula is C27H20F2N2O4S. The highest BCUT2D eigenvalue weighted by atomic mass is 32.1. The summed E-state index contributed by atoms with van der Waals surface area (Å²) in [5.74, 6) is -2.93. The van der Waals surface area contributed by atoms with Crippen molar-refractivity contribution in [2.45, 2.75) is 19.4 Å². The first-order valence-corrected chi connectivity index (χ1v) is 12.1. The fraction of sp³-hybridized carbons (Fsp3) is 0.148. The number of ketones is 1. The first-order valence-electron chi connectivity index (χ1n) is 11.2. The molecule has 3 aromatic carbocycles. The number of hydrogen-bond acceptors (Lipinski definition) is 6. The molecule has 4 aromatic rings. The number of anilines is 1. The molecule has 0 aliphatic carbocycles. The predicted octanol–water partition coefficient (Wildman–Crippen LogP) is 5.99. The lowest BCUT2D eigenvalue weighted by molar-refractivity contribution is -0.132. The second-order valence-corrected chi connectivity index (χ2v) is 9.18. The van der Waals surface area contributed by atoms with Crippen LogP contribution in [0.5, 0.6) is 5.75 Å². The Morgan fingerprint density at radius 1 is 1.08 bits per heavy atom. The Morgan fingerprint density at radius 2 is 1.83 bits per heavy atom. The Kier molecular flexibility index (Phi) is 6.24. The molecule has 0 saturated carbocycles. The first kappa shape index (κ1) is 23.6. The molecule has 182 valence electrons. The SMILES string of the molecule is CCCOc1ccc(C(O)=C2C(=O)C(=O)N(c3nc4ccc(F)cc4s3)C2c2ccccc2F)cc1. The van der Waals surface area contributed by atoms with Crippen LogP contribution in [0.15, 0.2) is 72.3 Å². The quantitative estimate of drug-likeness (QED) is 0.197. The summed E-state index contributed by atoms with van der Waals surface area (Å²) in [6.07, 6.45) is 0.826. The summed E-state index contributed by atoms with van der Waals surface area (Å²) in [4.78, 5) is 31.9. The average Bonchev–Trinajstić information content (AvgIpc) is 3.40. The predicted molar refractivity (Wildman–Crippen MR) is 133 cm³/mol. The third-order valence-corrected chi connectivity index (χ3v) is 6.81. The van der Waals surface area contributed by atoms with E-state index in [2.05, 4.69) is 4.98 Å². The molecule has 1 saturated heterocycles. The number of hydrogen-bond donors (Lipinski definition) is 1. The molecule has 1 aliphatic heterocycles. The molecule has 1 amide bonds. The standard InChI is InChI=1S/C27H20F2N2O4S/c1-2-13-35-17-10-7-15(8-11-17)24(32)22-23(18-5-3-4-6-19(18)29)31(26(34)25(22)33)27-30-20-12-9-16(28)14-21(20)36-27/h3-12,14,23,32H,2,13H2,1H3. The summed E-state index contributed by atoms with van der Waals surface area (Å²) in [5, 5.41) is 11.3. The number of aromatic nitrogens is 1. The van der Waals surface area contributed by atoms with Gasteiger partial charge in [-0.15, -0.1) is 0 Å². The normalized spacial score (nSPS) is 17.2. The third kappa shape index (κ3) is 4.11. The summed E-state index contributed by atoms with van der Waals surface area (Å²) >= 11 is 0.996. The summed E-state index contributed by atoms with van der Waals surface area (Å²) in [6, 6.07) is 14.8. The maximum atomic E-state index is 15.0. The third-order valence-electron chi connectivity index (χ3n) is 5.79. The number of amides is 1. The van der Waals surface area contributed by atoms with E-state index in [0.29, 0.717) is 22.6 Å². The largest absolute Gasteiger partial charge is 0.507 e. The number of fused-ring (bicyclic) bond motifs is 1. The minimum absolute atomic E-state index is 0.0200. The van der Waals surface area contributed by atoms with Gasteiger partial charge in [-0.25, -0.2) is 13.8 Å². The van der Waals surface area contributed by atoms with Crippen LogP contribution >= 0.6 is 11.3 Å². The molecular weight excluding hydrogens is 486 g/mol. The van der Waals surface area contributed by atoms with E-state index in [-0.39, 0.29) is 21.8 Å². The highest BCUT2D eigenvalue weighted by Gasteiger charge is 2.49. The van der Waals surface area contributed by atoms with Gasteiger partial charge in [-0.2, -0.15) is 0 Å². The number of aliphatic hydroxyl groups is 1. The topological polar surface area (TPSA) is 79.7 Å². The van der Waals surface area contributed by atoms with Gasteiger partial charge in [-0.1, -0.05) is 36.5 Å². The summed E-state index contributed by atoms with van der Waals surface area (Å²) in [6.45, 7) is 2.50. The zero-order chi connectivity index (χ0) is 25.4. The van der Waals surface area contributed by atoms with Gasteiger partial charge in [0.2, 0.25) is 0 Å². The number of ether oxygens (including phenoxy) is 1. The molecule has 1 N–H and O–H groups in total. The van der Waals surface area contributed by atoms with Crippen molar-refractivity contribution in [2.75, 3.05) is 11.5 Å². The van der Waals surface area contributed by atoms with Crippen LogP contribution < -0.4 is 9.64 Å². The number of Topliss-reactive ketones (excluding diaryl/α,β-unsaturated/α-hetero) is 1. The zero-order valence-electron chi connectivity index (χ0n) is 19.1. The molecule has 1 aliphatic rings. The molecule has 2 heterocycles. The van der Waals surface area contributed by atoms with E-state index in [0.717, 1.165) is 22.7 Å². The van der Waals surface area contributed by atoms with E-state index in [1.807, 2.05) is 6.92 Å². The fourth-order valence-corrected chi connectivity index (χ4v) is 5.11. The van der Waals surface area contributed by atoms with Crippen LogP contribution in [0.3, 0.4) is 0 Å². The van der Waals surface area contributed by atoms with Crippen molar-refractivity contribution in [2.24, 2.45) is 0 Å². The molecule has 6 nitrogen and oxygen atoms in total. The maximum Gasteiger partial charge on any atom is 0.301 e. The molecule has 9 heteroatoms. The lowest BCUT2D eigenvalue weighted by atomic mass is 9.95. The van der Waals surface area contributed by atoms with Gasteiger partial charge in [0.25, 0.3) is 5.78 Å². The number of nitrogens with zero attached hydrogens (tertiary/aromatic N) is 2. The monoisotopic (exact) mass is 506 g/mol. The molecule has 5 rings (SSSR count). The van der Waals surface area contributed by atoms with Crippen molar-refractivity contribution in [1.29, 1.82) is 0 Å². The Labute approximate surface area is 209 Å². The van der Waals surface area contributed by atoms with Crippen molar-refractivity contribution in [3.05, 3.63) is 95.1 Å². The van der Waals surface area contributed by atoms with Crippen molar-refractivity contribution in [3.8, 4) is 5.75 Å². The number of thiazole rings is 1. The van der Waals surface area contributed by atoms with Crippen molar-refractivity contribution in [1.82, 2.24) is 4.98 Å². The Balaban J connectivity index is 1.66. The summed E-state index contributed by atoms with van der Waals surface area (Å²) in [5.41, 5.74) is 0.446. The molecule has 36 heavy (non-hydrogen) atoms. The van der Waals surface area contributed by atoms with Crippen molar-refractivity contribution in [3.63, 3.8) is 0 Å².